The van der Waals surface area contributed by atoms with E-state index in [4.69, 9.17) is 10.5 Å². The molecular weight excluding hydrogens is 847 g/mol. The molecule has 68 heavy (non-hydrogen) atoms. The third-order valence-electron chi connectivity index (χ3n) is 15.8. The number of aromatic hydroxyl groups is 1. The molecule has 7 N–H and O–H groups in total. The monoisotopic (exact) mass is 922 g/mol. The summed E-state index contributed by atoms with van der Waals surface area (Å²) in [7, 11) is 1.51. The predicted octanol–water partition coefficient (Wildman–Crippen LogP) is 8.54. The number of allylic oxidation sites excluding steroid dienone is 1. The highest BCUT2D eigenvalue weighted by Gasteiger charge is 2.49. The van der Waals surface area contributed by atoms with Gasteiger partial charge in [0.2, 0.25) is 0 Å². The lowest BCUT2D eigenvalue weighted by Crippen LogP contribution is -2.56. The van der Waals surface area contributed by atoms with Crippen molar-refractivity contribution in [2.75, 3.05) is 39.0 Å². The number of hydrogen-bond acceptors (Lipinski definition) is 10. The Kier molecular flexibility index (Phi) is 17.0. The molecule has 2 aliphatic carbocycles. The number of nitrogens with one attached hydrogen (secondary N) is 3. The van der Waals surface area contributed by atoms with Crippen LogP contribution in [0.4, 0.5) is 5.82 Å². The number of nitrogens with zero attached hydrogens (tertiary/aromatic N) is 1. The van der Waals surface area contributed by atoms with Crippen LogP contribution in [0.1, 0.15) is 110 Å². The van der Waals surface area contributed by atoms with Gasteiger partial charge >= 0.3 is 0 Å². The largest absolute Gasteiger partial charge is 0.504 e. The Hall–Kier alpha value is -5.13. The van der Waals surface area contributed by atoms with Crippen LogP contribution in [-0.2, 0) is 41.7 Å². The van der Waals surface area contributed by atoms with Crippen molar-refractivity contribution in [3.8, 4) is 11.5 Å². The second-order valence-corrected chi connectivity index (χ2v) is 20.7. The number of anilines is 1. The van der Waals surface area contributed by atoms with Gasteiger partial charge < -0.3 is 36.6 Å². The van der Waals surface area contributed by atoms with Gasteiger partial charge in [0, 0.05) is 37.8 Å². The average Bonchev–Trinajstić information content (AvgIpc) is 3.75. The summed E-state index contributed by atoms with van der Waals surface area (Å²) in [4.78, 5) is 31.5. The topological polar surface area (TPSA) is 159 Å². The third kappa shape index (κ3) is 13.1. The molecule has 0 bridgehead atoms. The van der Waals surface area contributed by atoms with Gasteiger partial charge in [-0.15, -0.1) is 0 Å². The van der Waals surface area contributed by atoms with Crippen molar-refractivity contribution < 1.29 is 24.5 Å². The molecule has 2 aliphatic heterocycles. The van der Waals surface area contributed by atoms with Crippen LogP contribution in [0.2, 0.25) is 0 Å². The molecule has 8 atom stereocenters. The first kappa shape index (κ1) is 49.3. The van der Waals surface area contributed by atoms with Crippen molar-refractivity contribution in [2.24, 2.45) is 29.1 Å². The number of pyridine rings is 1. The lowest BCUT2D eigenvalue weighted by atomic mass is 9.57. The van der Waals surface area contributed by atoms with Gasteiger partial charge in [0.1, 0.15) is 11.6 Å². The fourth-order valence-corrected chi connectivity index (χ4v) is 12.4. The molecule has 4 aliphatic rings. The number of nitrogens with two attached hydrogens (primary N) is 1. The Morgan fingerprint density at radius 1 is 0.985 bits per heavy atom. The van der Waals surface area contributed by atoms with E-state index < -0.39 is 0 Å². The number of rotatable bonds is 22. The van der Waals surface area contributed by atoms with Crippen LogP contribution in [0.25, 0.3) is 6.08 Å². The Balaban J connectivity index is 0.900. The number of methoxy groups -OCH3 is 1. The number of piperidine rings is 1. The van der Waals surface area contributed by atoms with E-state index >= 15 is 0 Å². The van der Waals surface area contributed by atoms with Crippen LogP contribution >= 0.6 is 0 Å². The summed E-state index contributed by atoms with van der Waals surface area (Å²) in [6.07, 6.45) is 22.3. The summed E-state index contributed by atoms with van der Waals surface area (Å²) in [6, 6.07) is 25.6. The second kappa shape index (κ2) is 23.5. The molecule has 10 heteroatoms. The number of fused-ring (bicyclic) bond motifs is 2. The molecule has 8 rings (SSSR count). The summed E-state index contributed by atoms with van der Waals surface area (Å²) in [5, 5.41) is 32.3. The number of nitrogen functional groups attached to an aromatic ring is 1. The zero-order chi connectivity index (χ0) is 47.5. The number of Topliss-reactive ketones (excluding diaryl/α,β-unsaturated/α-hetero) is 1. The minimum absolute atomic E-state index is 0.00855. The van der Waals surface area contributed by atoms with Gasteiger partial charge in [-0.1, -0.05) is 72.8 Å². The van der Waals surface area contributed by atoms with E-state index in [1.54, 1.807) is 18.2 Å². The van der Waals surface area contributed by atoms with Crippen LogP contribution in [-0.4, -0.2) is 78.2 Å². The molecule has 362 valence electrons. The van der Waals surface area contributed by atoms with Crippen LogP contribution in [0.3, 0.4) is 0 Å². The van der Waals surface area contributed by atoms with Gasteiger partial charge in [0.15, 0.2) is 17.3 Å². The minimum atomic E-state index is -0.390. The lowest BCUT2D eigenvalue weighted by molar-refractivity contribution is -0.124. The minimum Gasteiger partial charge on any atom is -0.504 e. The Labute approximate surface area is 404 Å². The van der Waals surface area contributed by atoms with Crippen LogP contribution in [0, 0.1) is 29.1 Å². The molecule has 4 aromatic rings. The Bertz CT molecular complexity index is 2380. The van der Waals surface area contributed by atoms with E-state index in [2.05, 4.69) is 81.6 Å². The maximum atomic E-state index is 13.6. The molecule has 1 saturated heterocycles. The van der Waals surface area contributed by atoms with Crippen molar-refractivity contribution in [2.45, 2.75) is 121 Å². The van der Waals surface area contributed by atoms with Crippen molar-refractivity contribution in [1.29, 1.82) is 0 Å². The van der Waals surface area contributed by atoms with Gasteiger partial charge in [0.25, 0.3) is 0 Å². The molecule has 10 nitrogen and oxygen atoms in total. The average molecular weight is 922 g/mol. The maximum absolute atomic E-state index is 13.6. The van der Waals surface area contributed by atoms with E-state index in [1.165, 1.54) is 42.7 Å². The number of carbonyl (C=O) groups is 2. The summed E-state index contributed by atoms with van der Waals surface area (Å²) >= 11 is 0. The second-order valence-electron chi connectivity index (χ2n) is 20.7. The molecule has 2 saturated carbocycles. The number of hydrogen-bond donors (Lipinski definition) is 6. The fraction of sp³-hybridized carbons (Fsp3) is 0.500. The SMILES string of the molecule is COc1cc(/C=C\C(=O)CC(=O)CCC[C@@]2(C[C@@H]3[C@H]4CCNC[C@H]4C[C@@H]4C=CCN[C@@H]34)CC[C@H](NC[C@H](C)O)C2)c(Cc2cnc(N)cc2CCc2cccc(CCc3ccccc3)c2)cc1O. The van der Waals surface area contributed by atoms with Gasteiger partial charge in [-0.2, -0.15) is 0 Å². The fourth-order valence-electron chi connectivity index (χ4n) is 12.4. The summed E-state index contributed by atoms with van der Waals surface area (Å²) in [5.74, 6) is 3.05. The Morgan fingerprint density at radius 3 is 2.59 bits per heavy atom. The van der Waals surface area contributed by atoms with Crippen LogP contribution in [0.15, 0.2) is 97.2 Å². The normalized spacial score (nSPS) is 24.9. The van der Waals surface area contributed by atoms with Crippen molar-refractivity contribution in [1.82, 2.24) is 20.9 Å². The van der Waals surface area contributed by atoms with Crippen molar-refractivity contribution in [3.05, 3.63) is 136 Å². The van der Waals surface area contributed by atoms with E-state index in [0.29, 0.717) is 66.7 Å². The number of aliphatic hydroxyl groups excluding tert-OH is 1. The van der Waals surface area contributed by atoms with E-state index in [9.17, 15) is 19.8 Å². The number of ether oxygens (including phenoxy) is 1. The first-order chi connectivity index (χ1) is 33.0. The van der Waals surface area contributed by atoms with Gasteiger partial charge in [-0.25, -0.2) is 4.98 Å². The Morgan fingerprint density at radius 2 is 1.78 bits per heavy atom. The number of phenolic OH excluding ortho intramolecular Hbond substituents is 1. The molecule has 0 amide bonds. The predicted molar refractivity (Wildman–Crippen MR) is 273 cm³/mol. The summed E-state index contributed by atoms with van der Waals surface area (Å²) in [6.45, 7) is 5.56. The number of carbonyl (C=O) groups excluding carboxylic acids is 2. The van der Waals surface area contributed by atoms with Crippen molar-refractivity contribution >= 4 is 23.5 Å². The van der Waals surface area contributed by atoms with Crippen molar-refractivity contribution in [3.63, 3.8) is 0 Å². The molecule has 3 fully saturated rings. The van der Waals surface area contributed by atoms with E-state index in [1.807, 2.05) is 25.3 Å². The highest BCUT2D eigenvalue weighted by molar-refractivity contribution is 6.06. The summed E-state index contributed by atoms with van der Waals surface area (Å²) in [5.41, 5.74) is 13.8. The van der Waals surface area contributed by atoms with E-state index in [-0.39, 0.29) is 35.3 Å². The zero-order valence-corrected chi connectivity index (χ0v) is 40.4. The maximum Gasteiger partial charge on any atom is 0.163 e. The molecule has 0 spiro atoms. The van der Waals surface area contributed by atoms with Gasteiger partial charge in [0.05, 0.1) is 19.6 Å². The molecule has 0 radical (unpaired) electrons. The quantitative estimate of drug-likeness (QED) is 0.0257. The number of aromatic nitrogens is 1. The molecule has 3 aromatic carbocycles. The lowest BCUT2D eigenvalue weighted by Gasteiger charge is -2.52. The van der Waals surface area contributed by atoms with Gasteiger partial charge in [-0.05, 0) is 196 Å². The highest BCUT2D eigenvalue weighted by Crippen LogP contribution is 2.53. The number of ketones is 2. The molecule has 1 aromatic heterocycles. The first-order valence-corrected chi connectivity index (χ1v) is 25.5. The summed E-state index contributed by atoms with van der Waals surface area (Å²) < 4.78 is 5.49. The molecule has 0 unspecified atom stereocenters. The van der Waals surface area contributed by atoms with E-state index in [0.717, 1.165) is 106 Å². The molecular formula is C58H75N5O5. The zero-order valence-electron chi connectivity index (χ0n) is 40.4. The number of benzene rings is 3. The number of aliphatic hydroxyl groups is 1. The highest BCUT2D eigenvalue weighted by atomic mass is 16.5. The number of phenols is 1. The van der Waals surface area contributed by atoms with Crippen LogP contribution in [0.5, 0.6) is 11.5 Å². The number of aryl methyl sites for hydroxylation is 4. The van der Waals surface area contributed by atoms with Gasteiger partial charge in [-0.3, -0.25) is 9.59 Å². The first-order valence-electron chi connectivity index (χ1n) is 25.5. The molecule has 3 heterocycles. The smallest absolute Gasteiger partial charge is 0.163 e. The third-order valence-corrected chi connectivity index (χ3v) is 15.8. The standard InChI is InChI=1S/C58H75N5O5/c1-39(64)36-62-49-21-24-58(34-49,35-53-52-22-26-60-37-48(52)28-45-13-8-25-61-57(45)53)23-7-14-50(65)33-51(66)20-19-43-31-55(68-2)54(67)30-46(43)29-47-38-63-56(59)32-44(47)18-17-42-12-6-11-41(27-42)16-15-40-9-4-3-5-10-40/h3-6,8-13,19-20,27,30-32,38-39,45,48-49,52-53,57,60-62,64,67H,7,14-18,21-26,28-29,33-37H2,1-2H3,(H2,59,63)/b20-19-/t39-,45-,48+,49-,52-,53+,57+,58+/m0/s1. The van der Waals surface area contributed by atoms with Crippen LogP contribution < -0.4 is 26.4 Å².